The minimum Gasteiger partial charge on any atom is -0.443 e. The smallest absolute Gasteiger partial charge is 0.274 e. The van der Waals surface area contributed by atoms with Crippen molar-refractivity contribution in [2.24, 2.45) is 11.3 Å². The van der Waals surface area contributed by atoms with Crippen molar-refractivity contribution in [3.8, 4) is 11.3 Å². The number of rotatable bonds is 5. The highest BCUT2D eigenvalue weighted by Crippen LogP contribution is 2.46. The molecule has 0 spiro atoms. The number of hydrogen-bond donors (Lipinski definition) is 1. The molecule has 1 saturated heterocycles. The number of nitrogens with zero attached hydrogens (tertiary/aromatic N) is 2. The summed E-state index contributed by atoms with van der Waals surface area (Å²) in [5.41, 5.74) is 0.939. The highest BCUT2D eigenvalue weighted by atomic mass is 16.3. The standard InChI is InChI=1S/C22H27N3O3/c1-3-22(10-7-11-22)21(27)25-12-15(2)17(13-25)24-20(26)18-19(28-14-23-18)16-8-5-4-6-9-16/h4-6,8-9,14-15,17H,3,7,10-13H2,1-2H3,(H,24,26)/t15-,17-/m1/s1. The van der Waals surface area contributed by atoms with Gasteiger partial charge in [0, 0.05) is 24.1 Å². The van der Waals surface area contributed by atoms with Crippen molar-refractivity contribution in [3.63, 3.8) is 0 Å². The van der Waals surface area contributed by atoms with Crippen molar-refractivity contribution in [2.75, 3.05) is 13.1 Å². The van der Waals surface area contributed by atoms with Crippen LogP contribution in [0, 0.1) is 11.3 Å². The van der Waals surface area contributed by atoms with Gasteiger partial charge < -0.3 is 14.6 Å². The number of carbonyl (C=O) groups excluding carboxylic acids is 2. The fourth-order valence-corrected chi connectivity index (χ4v) is 4.42. The average Bonchev–Trinajstić information content (AvgIpc) is 3.29. The van der Waals surface area contributed by atoms with E-state index in [2.05, 4.69) is 24.1 Å². The Morgan fingerprint density at radius 3 is 2.64 bits per heavy atom. The van der Waals surface area contributed by atoms with E-state index in [0.29, 0.717) is 18.8 Å². The Morgan fingerprint density at radius 1 is 1.25 bits per heavy atom. The summed E-state index contributed by atoms with van der Waals surface area (Å²) in [6.07, 6.45) is 5.31. The molecule has 2 fully saturated rings. The van der Waals surface area contributed by atoms with E-state index in [9.17, 15) is 9.59 Å². The van der Waals surface area contributed by atoms with Crippen LogP contribution in [0.5, 0.6) is 0 Å². The monoisotopic (exact) mass is 381 g/mol. The van der Waals surface area contributed by atoms with Crippen LogP contribution < -0.4 is 5.32 Å². The van der Waals surface area contributed by atoms with Crippen LogP contribution in [0.1, 0.15) is 50.0 Å². The molecule has 6 nitrogen and oxygen atoms in total. The number of nitrogens with one attached hydrogen (secondary N) is 1. The number of likely N-dealkylation sites (tertiary alicyclic amines) is 1. The van der Waals surface area contributed by atoms with Crippen molar-refractivity contribution >= 4 is 11.8 Å². The largest absolute Gasteiger partial charge is 0.443 e. The molecular formula is C22H27N3O3. The Kier molecular flexibility index (Phi) is 4.96. The number of carbonyl (C=O) groups is 2. The summed E-state index contributed by atoms with van der Waals surface area (Å²) < 4.78 is 5.47. The van der Waals surface area contributed by atoms with E-state index < -0.39 is 0 Å². The van der Waals surface area contributed by atoms with Crippen molar-refractivity contribution in [1.29, 1.82) is 0 Å². The van der Waals surface area contributed by atoms with Crippen LogP contribution in [0.15, 0.2) is 41.1 Å². The summed E-state index contributed by atoms with van der Waals surface area (Å²) in [4.78, 5) is 31.9. The van der Waals surface area contributed by atoms with E-state index in [0.717, 1.165) is 31.2 Å². The molecule has 2 aromatic rings. The first kappa shape index (κ1) is 18.7. The third kappa shape index (κ3) is 3.21. The molecular weight excluding hydrogens is 354 g/mol. The second-order valence-corrected chi connectivity index (χ2v) is 8.15. The summed E-state index contributed by atoms with van der Waals surface area (Å²) >= 11 is 0. The highest BCUT2D eigenvalue weighted by molar-refractivity contribution is 5.97. The van der Waals surface area contributed by atoms with E-state index in [-0.39, 0.29) is 34.9 Å². The highest BCUT2D eigenvalue weighted by Gasteiger charge is 2.47. The first-order valence-electron chi connectivity index (χ1n) is 10.1. The molecule has 1 aromatic carbocycles. The molecule has 2 atom stereocenters. The van der Waals surface area contributed by atoms with Crippen molar-refractivity contribution in [1.82, 2.24) is 15.2 Å². The quantitative estimate of drug-likeness (QED) is 0.860. The minimum absolute atomic E-state index is 0.0780. The maximum Gasteiger partial charge on any atom is 0.274 e. The third-order valence-corrected chi connectivity index (χ3v) is 6.48. The zero-order valence-corrected chi connectivity index (χ0v) is 16.5. The number of oxazole rings is 1. The summed E-state index contributed by atoms with van der Waals surface area (Å²) in [5.74, 6) is 0.675. The number of amides is 2. The number of aromatic nitrogens is 1. The van der Waals surface area contributed by atoms with Gasteiger partial charge >= 0.3 is 0 Å². The molecule has 0 unspecified atom stereocenters. The molecule has 1 aliphatic carbocycles. The molecule has 0 radical (unpaired) electrons. The Labute approximate surface area is 165 Å². The van der Waals surface area contributed by atoms with Gasteiger partial charge in [-0.3, -0.25) is 9.59 Å². The van der Waals surface area contributed by atoms with Gasteiger partial charge in [-0.2, -0.15) is 0 Å². The van der Waals surface area contributed by atoms with Gasteiger partial charge in [0.25, 0.3) is 5.91 Å². The van der Waals surface area contributed by atoms with E-state index in [1.54, 1.807) is 0 Å². The first-order valence-corrected chi connectivity index (χ1v) is 10.1. The Morgan fingerprint density at radius 2 is 2.00 bits per heavy atom. The van der Waals surface area contributed by atoms with Gasteiger partial charge in [-0.15, -0.1) is 0 Å². The second kappa shape index (κ2) is 7.41. The molecule has 2 amide bonds. The normalized spacial score (nSPS) is 23.3. The van der Waals surface area contributed by atoms with E-state index in [4.69, 9.17) is 4.42 Å². The molecule has 1 N–H and O–H groups in total. The molecule has 1 aromatic heterocycles. The molecule has 6 heteroatoms. The topological polar surface area (TPSA) is 75.4 Å². The lowest BCUT2D eigenvalue weighted by Gasteiger charge is -2.42. The van der Waals surface area contributed by atoms with Crippen LogP contribution in [-0.4, -0.2) is 40.8 Å². The van der Waals surface area contributed by atoms with Crippen molar-refractivity contribution < 1.29 is 14.0 Å². The third-order valence-electron chi connectivity index (χ3n) is 6.48. The van der Waals surface area contributed by atoms with Gasteiger partial charge in [-0.25, -0.2) is 4.98 Å². The molecule has 148 valence electrons. The van der Waals surface area contributed by atoms with Crippen LogP contribution in [0.2, 0.25) is 0 Å². The second-order valence-electron chi connectivity index (χ2n) is 8.15. The predicted molar refractivity (Wildman–Crippen MR) is 106 cm³/mol. The van der Waals surface area contributed by atoms with E-state index in [1.165, 1.54) is 6.39 Å². The summed E-state index contributed by atoms with van der Waals surface area (Å²) in [6.45, 7) is 5.44. The lowest BCUT2D eigenvalue weighted by Crippen LogP contribution is -2.48. The van der Waals surface area contributed by atoms with Gasteiger partial charge in [0.1, 0.15) is 0 Å². The summed E-state index contributed by atoms with van der Waals surface area (Å²) in [7, 11) is 0. The predicted octanol–water partition coefficient (Wildman–Crippen LogP) is 3.50. The van der Waals surface area contributed by atoms with Crippen LogP contribution in [-0.2, 0) is 4.79 Å². The molecule has 0 bridgehead atoms. The molecule has 4 rings (SSSR count). The Hall–Kier alpha value is -2.63. The average molecular weight is 381 g/mol. The fourth-order valence-electron chi connectivity index (χ4n) is 4.42. The Balaban J connectivity index is 1.45. The van der Waals surface area contributed by atoms with Crippen molar-refractivity contribution in [2.45, 2.75) is 45.6 Å². The zero-order chi connectivity index (χ0) is 19.7. The maximum absolute atomic E-state index is 13.0. The summed E-state index contributed by atoms with van der Waals surface area (Å²) in [6, 6.07) is 9.40. The molecule has 1 saturated carbocycles. The van der Waals surface area contributed by atoms with Crippen LogP contribution in [0.4, 0.5) is 0 Å². The molecule has 28 heavy (non-hydrogen) atoms. The lowest BCUT2D eigenvalue weighted by atomic mass is 9.66. The van der Waals surface area contributed by atoms with E-state index >= 15 is 0 Å². The lowest BCUT2D eigenvalue weighted by molar-refractivity contribution is -0.146. The van der Waals surface area contributed by atoms with Crippen LogP contribution in [0.3, 0.4) is 0 Å². The Bertz CT molecular complexity index is 851. The van der Waals surface area contributed by atoms with Gasteiger partial charge in [-0.1, -0.05) is 50.6 Å². The fraction of sp³-hybridized carbons (Fsp3) is 0.500. The van der Waals surface area contributed by atoms with Crippen LogP contribution in [0.25, 0.3) is 11.3 Å². The maximum atomic E-state index is 13.0. The van der Waals surface area contributed by atoms with Gasteiger partial charge in [0.2, 0.25) is 5.91 Å². The summed E-state index contributed by atoms with van der Waals surface area (Å²) in [5, 5.41) is 3.08. The van der Waals surface area contributed by atoms with E-state index in [1.807, 2.05) is 35.2 Å². The molecule has 2 aliphatic rings. The van der Waals surface area contributed by atoms with Crippen molar-refractivity contribution in [3.05, 3.63) is 42.4 Å². The molecule has 2 heterocycles. The zero-order valence-electron chi connectivity index (χ0n) is 16.5. The minimum atomic E-state index is -0.257. The van der Waals surface area contributed by atoms with Gasteiger partial charge in [0.15, 0.2) is 17.8 Å². The number of benzene rings is 1. The number of hydrogen-bond acceptors (Lipinski definition) is 4. The molecule has 1 aliphatic heterocycles. The first-order chi connectivity index (χ1) is 13.5. The van der Waals surface area contributed by atoms with Gasteiger partial charge in [0.05, 0.1) is 6.04 Å². The van der Waals surface area contributed by atoms with Crippen LogP contribution >= 0.6 is 0 Å². The SMILES string of the molecule is CCC1(C(=O)N2C[C@@H](C)[C@H](NC(=O)c3ncoc3-c3ccccc3)C2)CCC1. The van der Waals surface area contributed by atoms with Gasteiger partial charge in [-0.05, 0) is 25.2 Å².